The Labute approximate surface area is 178 Å². The van der Waals surface area contributed by atoms with Gasteiger partial charge in [0.2, 0.25) is 0 Å². The van der Waals surface area contributed by atoms with E-state index < -0.39 is 17.8 Å². The molecule has 1 aromatic heterocycles. The second-order valence-corrected chi connectivity index (χ2v) is 6.54. The highest BCUT2D eigenvalue weighted by atomic mass is 19.1. The Morgan fingerprint density at radius 1 is 0.968 bits per heavy atom. The number of hydrogen-bond donors (Lipinski definition) is 0. The molecule has 0 spiro atoms. The van der Waals surface area contributed by atoms with Gasteiger partial charge in [-0.15, -0.1) is 0 Å². The highest BCUT2D eigenvalue weighted by Crippen LogP contribution is 2.29. The fourth-order valence-corrected chi connectivity index (χ4v) is 2.52. The van der Waals surface area contributed by atoms with E-state index in [4.69, 9.17) is 13.9 Å². The maximum Gasteiger partial charge on any atom is 0.338 e. The number of hydrogen-bond acceptors (Lipinski definition) is 5. The number of furan rings is 1. The largest absolute Gasteiger partial charge is 0.457 e. The Kier molecular flexibility index (Phi) is 6.62. The first-order valence-electron chi connectivity index (χ1n) is 9.25. The Morgan fingerprint density at radius 2 is 1.68 bits per heavy atom. The van der Waals surface area contributed by atoms with E-state index in [0.717, 1.165) is 17.7 Å². The maximum atomic E-state index is 14.5. The molecule has 31 heavy (non-hydrogen) atoms. The summed E-state index contributed by atoms with van der Waals surface area (Å²) >= 11 is 0. The smallest absolute Gasteiger partial charge is 0.338 e. The molecule has 0 N–H and O–H groups in total. The van der Waals surface area contributed by atoms with Crippen LogP contribution >= 0.6 is 0 Å². The predicted molar refractivity (Wildman–Crippen MR) is 116 cm³/mol. The molecule has 6 heteroatoms. The van der Waals surface area contributed by atoms with Gasteiger partial charge in [0.25, 0.3) is 0 Å². The first kappa shape index (κ1) is 21.5. The highest BCUT2D eigenvalue weighted by molar-refractivity contribution is 5.88. The van der Waals surface area contributed by atoms with Gasteiger partial charge in [0.05, 0.1) is 5.56 Å². The van der Waals surface area contributed by atoms with E-state index >= 15 is 0 Å². The average Bonchev–Trinajstić information content (AvgIpc) is 3.22. The Bertz CT molecular complexity index is 1170. The first-order valence-corrected chi connectivity index (χ1v) is 9.25. The van der Waals surface area contributed by atoms with E-state index in [2.05, 4.69) is 13.2 Å². The van der Waals surface area contributed by atoms with Crippen LogP contribution in [0.4, 0.5) is 4.39 Å². The van der Waals surface area contributed by atoms with Crippen molar-refractivity contribution < 1.29 is 27.9 Å². The molecule has 0 aliphatic rings. The highest BCUT2D eigenvalue weighted by Gasteiger charge is 2.12. The molecule has 3 aromatic rings. The van der Waals surface area contributed by atoms with Crippen LogP contribution in [0.25, 0.3) is 23.5 Å². The van der Waals surface area contributed by atoms with Crippen molar-refractivity contribution in [1.29, 1.82) is 0 Å². The zero-order valence-corrected chi connectivity index (χ0v) is 16.8. The fourth-order valence-electron chi connectivity index (χ4n) is 2.52. The zero-order chi connectivity index (χ0) is 22.4. The summed E-state index contributed by atoms with van der Waals surface area (Å²) in [5.41, 5.74) is 1.31. The number of rotatable bonds is 7. The van der Waals surface area contributed by atoms with Crippen molar-refractivity contribution in [3.63, 3.8) is 0 Å². The van der Waals surface area contributed by atoms with Gasteiger partial charge >= 0.3 is 11.9 Å². The summed E-state index contributed by atoms with van der Waals surface area (Å²) in [5, 5.41) is 0. The van der Waals surface area contributed by atoms with Crippen molar-refractivity contribution in [1.82, 2.24) is 0 Å². The third kappa shape index (κ3) is 5.67. The summed E-state index contributed by atoms with van der Waals surface area (Å²) in [5.74, 6) is -0.374. The minimum atomic E-state index is -0.621. The number of carbonyl (C=O) groups excluding carboxylic acids is 2. The summed E-state index contributed by atoms with van der Waals surface area (Å²) in [6.07, 6.45) is 4.63. The van der Waals surface area contributed by atoms with Gasteiger partial charge in [-0.05, 0) is 55.0 Å². The molecule has 0 fully saturated rings. The monoisotopic (exact) mass is 418 g/mol. The topological polar surface area (TPSA) is 65.7 Å². The molecule has 0 radical (unpaired) electrons. The standard InChI is InChI=1S/C25H19FO5/c1-4-24(27)30-19-9-6-17(7-10-19)5-8-18-12-14-23(29-18)21-13-11-20(15-22(21)26)31-25(28)16(2)3/h4-15H,1-2H2,3H3. The van der Waals surface area contributed by atoms with Crippen LogP contribution in [0.2, 0.25) is 0 Å². The van der Waals surface area contributed by atoms with Gasteiger partial charge in [-0.3, -0.25) is 0 Å². The second kappa shape index (κ2) is 9.54. The van der Waals surface area contributed by atoms with E-state index in [1.54, 1.807) is 48.6 Å². The van der Waals surface area contributed by atoms with Crippen LogP contribution in [-0.2, 0) is 9.59 Å². The van der Waals surface area contributed by atoms with Crippen LogP contribution in [0.15, 0.2) is 83.8 Å². The van der Waals surface area contributed by atoms with Crippen LogP contribution in [0.3, 0.4) is 0 Å². The van der Waals surface area contributed by atoms with Crippen molar-refractivity contribution in [2.24, 2.45) is 0 Å². The van der Waals surface area contributed by atoms with E-state index in [1.807, 2.05) is 0 Å². The molecule has 0 aliphatic carbocycles. The molecule has 0 aliphatic heterocycles. The summed E-state index contributed by atoms with van der Waals surface area (Å²) in [7, 11) is 0. The number of esters is 2. The molecule has 0 saturated heterocycles. The molecule has 2 aromatic carbocycles. The van der Waals surface area contributed by atoms with Gasteiger partial charge in [0.15, 0.2) is 0 Å². The predicted octanol–water partition coefficient (Wildman–Crippen LogP) is 5.83. The SMILES string of the molecule is C=CC(=O)Oc1ccc(C=Cc2ccc(-c3ccc(OC(=O)C(=C)C)cc3F)o2)cc1. The van der Waals surface area contributed by atoms with Gasteiger partial charge in [-0.1, -0.05) is 31.4 Å². The van der Waals surface area contributed by atoms with Crippen LogP contribution in [-0.4, -0.2) is 11.9 Å². The van der Waals surface area contributed by atoms with E-state index in [1.165, 1.54) is 19.1 Å². The van der Waals surface area contributed by atoms with Crippen LogP contribution in [0.5, 0.6) is 11.5 Å². The molecule has 0 atom stereocenters. The summed E-state index contributed by atoms with van der Waals surface area (Å²) in [6, 6.07) is 14.3. The molecule has 1 heterocycles. The van der Waals surface area contributed by atoms with Gasteiger partial charge in [0, 0.05) is 17.7 Å². The van der Waals surface area contributed by atoms with Gasteiger partial charge in [-0.25, -0.2) is 14.0 Å². The molecule has 156 valence electrons. The van der Waals surface area contributed by atoms with Gasteiger partial charge < -0.3 is 13.9 Å². The third-order valence-corrected chi connectivity index (χ3v) is 4.10. The number of benzene rings is 2. The summed E-state index contributed by atoms with van der Waals surface area (Å²) in [6.45, 7) is 8.34. The molecular weight excluding hydrogens is 399 g/mol. The lowest BCUT2D eigenvalue weighted by atomic mass is 10.1. The Hall–Kier alpha value is -4.19. The fraction of sp³-hybridized carbons (Fsp3) is 0.0400. The Balaban J connectivity index is 1.70. The maximum absolute atomic E-state index is 14.5. The average molecular weight is 418 g/mol. The molecule has 3 rings (SSSR count). The van der Waals surface area contributed by atoms with Gasteiger partial charge in [-0.2, -0.15) is 0 Å². The lowest BCUT2D eigenvalue weighted by Gasteiger charge is -2.05. The van der Waals surface area contributed by atoms with Crippen molar-refractivity contribution in [2.45, 2.75) is 6.92 Å². The molecule has 0 saturated carbocycles. The van der Waals surface area contributed by atoms with Crippen molar-refractivity contribution in [3.05, 3.63) is 96.5 Å². The lowest BCUT2D eigenvalue weighted by Crippen LogP contribution is -2.08. The van der Waals surface area contributed by atoms with Crippen LogP contribution in [0.1, 0.15) is 18.2 Å². The number of halogens is 1. The summed E-state index contributed by atoms with van der Waals surface area (Å²) < 4.78 is 30.2. The molecular formula is C25H19FO5. The van der Waals surface area contributed by atoms with Crippen molar-refractivity contribution >= 4 is 24.1 Å². The van der Waals surface area contributed by atoms with Crippen molar-refractivity contribution in [2.75, 3.05) is 0 Å². The first-order chi connectivity index (χ1) is 14.9. The van der Waals surface area contributed by atoms with Gasteiger partial charge in [0.1, 0.15) is 28.8 Å². The Morgan fingerprint density at radius 3 is 2.32 bits per heavy atom. The number of carbonyl (C=O) groups is 2. The molecule has 0 unspecified atom stereocenters. The van der Waals surface area contributed by atoms with Crippen LogP contribution < -0.4 is 9.47 Å². The quantitative estimate of drug-likeness (QED) is 0.274. The third-order valence-electron chi connectivity index (χ3n) is 4.10. The van der Waals surface area contributed by atoms with E-state index in [-0.39, 0.29) is 16.9 Å². The minimum absolute atomic E-state index is 0.0862. The normalized spacial score (nSPS) is 10.6. The van der Waals surface area contributed by atoms with Crippen molar-refractivity contribution in [3.8, 4) is 22.8 Å². The molecule has 0 bridgehead atoms. The molecule has 0 amide bonds. The van der Waals surface area contributed by atoms with E-state index in [0.29, 0.717) is 17.3 Å². The van der Waals surface area contributed by atoms with E-state index in [9.17, 15) is 14.0 Å². The summed E-state index contributed by atoms with van der Waals surface area (Å²) in [4.78, 5) is 22.7. The zero-order valence-electron chi connectivity index (χ0n) is 16.8. The minimum Gasteiger partial charge on any atom is -0.457 e. The number of ether oxygens (including phenoxy) is 2. The second-order valence-electron chi connectivity index (χ2n) is 6.54. The van der Waals surface area contributed by atoms with Crippen LogP contribution in [0, 0.1) is 5.82 Å². The molecule has 5 nitrogen and oxygen atoms in total. The lowest BCUT2D eigenvalue weighted by molar-refractivity contribution is -0.130.